The van der Waals surface area contributed by atoms with E-state index in [1.54, 1.807) is 0 Å². The third-order valence-corrected chi connectivity index (χ3v) is 5.33. The minimum atomic E-state index is -0.227. The normalized spacial score (nSPS) is 17.4. The summed E-state index contributed by atoms with van der Waals surface area (Å²) >= 11 is 0. The number of aromatic nitrogens is 2. The number of H-pyrrole nitrogens is 1. The molecule has 1 atom stereocenters. The van der Waals surface area contributed by atoms with Crippen LogP contribution in [0.5, 0.6) is 0 Å². The van der Waals surface area contributed by atoms with E-state index in [1.165, 1.54) is 10.9 Å². The summed E-state index contributed by atoms with van der Waals surface area (Å²) in [5, 5.41) is 4.67. The fourth-order valence-electron chi connectivity index (χ4n) is 4.02. The number of pyridine rings is 1. The van der Waals surface area contributed by atoms with Crippen molar-refractivity contribution in [2.24, 2.45) is 0 Å². The van der Waals surface area contributed by atoms with Crippen molar-refractivity contribution in [1.29, 1.82) is 0 Å². The number of nitrogens with one attached hydrogen (secondary N) is 2. The predicted molar refractivity (Wildman–Crippen MR) is 115 cm³/mol. The Kier molecular flexibility index (Phi) is 4.94. The number of para-hydroxylation sites is 1. The maximum Gasteiger partial charge on any atom is 0.152 e. The lowest BCUT2D eigenvalue weighted by Gasteiger charge is -2.41. The molecular weight excluding hydrogens is 350 g/mol. The Hall–Kier alpha value is -3.02. The van der Waals surface area contributed by atoms with Crippen molar-refractivity contribution >= 4 is 34.5 Å². The number of benzene rings is 1. The molecule has 3 heterocycles. The van der Waals surface area contributed by atoms with Crippen LogP contribution in [-0.4, -0.2) is 48.0 Å². The van der Waals surface area contributed by atoms with Gasteiger partial charge in [-0.15, -0.1) is 0 Å². The van der Waals surface area contributed by atoms with Crippen LogP contribution in [0.15, 0.2) is 42.6 Å². The number of anilines is 3. The Morgan fingerprint density at radius 2 is 2.04 bits per heavy atom. The highest BCUT2D eigenvalue weighted by molar-refractivity contribution is 5.89. The van der Waals surface area contributed by atoms with Gasteiger partial charge in [-0.25, -0.2) is 4.98 Å². The maximum atomic E-state index is 12.0. The monoisotopic (exact) mass is 377 g/mol. The Morgan fingerprint density at radius 3 is 2.79 bits per heavy atom. The van der Waals surface area contributed by atoms with Crippen LogP contribution in [0, 0.1) is 6.92 Å². The standard InChI is InChI=1S/C22H27N5O/c1-15(2)24-20-9-6-10-23-22(20)26-11-12-27(17(13-26)14-28)21-16(3)18-7-4-5-8-19(18)25-21/h4-10,14-15,17,24-25H,11-13H2,1-3H3. The van der Waals surface area contributed by atoms with Gasteiger partial charge in [0.15, 0.2) is 5.82 Å². The number of fused-ring (bicyclic) bond motifs is 1. The van der Waals surface area contributed by atoms with Crippen molar-refractivity contribution < 1.29 is 4.79 Å². The summed E-state index contributed by atoms with van der Waals surface area (Å²) in [7, 11) is 0. The summed E-state index contributed by atoms with van der Waals surface area (Å²) in [5.41, 5.74) is 3.31. The lowest BCUT2D eigenvalue weighted by molar-refractivity contribution is -0.109. The van der Waals surface area contributed by atoms with Crippen LogP contribution in [0.4, 0.5) is 17.3 Å². The molecule has 0 amide bonds. The Morgan fingerprint density at radius 1 is 1.21 bits per heavy atom. The second kappa shape index (κ2) is 7.54. The summed E-state index contributed by atoms with van der Waals surface area (Å²) in [6.07, 6.45) is 2.86. The molecule has 0 bridgehead atoms. The minimum Gasteiger partial charge on any atom is -0.380 e. The fraction of sp³-hybridized carbons (Fsp3) is 0.364. The van der Waals surface area contributed by atoms with Crippen LogP contribution < -0.4 is 15.1 Å². The molecule has 6 nitrogen and oxygen atoms in total. The third-order valence-electron chi connectivity index (χ3n) is 5.33. The molecule has 28 heavy (non-hydrogen) atoms. The van der Waals surface area contributed by atoms with E-state index in [-0.39, 0.29) is 6.04 Å². The number of aldehydes is 1. The molecule has 4 rings (SSSR count). The predicted octanol–water partition coefficient (Wildman–Crippen LogP) is 3.59. The largest absolute Gasteiger partial charge is 0.380 e. The first-order valence-electron chi connectivity index (χ1n) is 9.84. The van der Waals surface area contributed by atoms with Gasteiger partial charge in [-0.2, -0.15) is 0 Å². The molecule has 1 aliphatic rings. The topological polar surface area (TPSA) is 64.3 Å². The number of hydrogen-bond acceptors (Lipinski definition) is 5. The number of carbonyl (C=O) groups is 1. The molecule has 1 aliphatic heterocycles. The summed E-state index contributed by atoms with van der Waals surface area (Å²) in [6, 6.07) is 12.4. The highest BCUT2D eigenvalue weighted by atomic mass is 16.1. The van der Waals surface area contributed by atoms with E-state index >= 15 is 0 Å². The molecule has 6 heteroatoms. The molecule has 2 N–H and O–H groups in total. The molecule has 0 aliphatic carbocycles. The lowest BCUT2D eigenvalue weighted by Crippen LogP contribution is -2.55. The van der Waals surface area contributed by atoms with Crippen molar-refractivity contribution in [1.82, 2.24) is 9.97 Å². The zero-order chi connectivity index (χ0) is 19.7. The van der Waals surface area contributed by atoms with E-state index in [2.05, 4.69) is 58.0 Å². The second-order valence-corrected chi connectivity index (χ2v) is 7.66. The van der Waals surface area contributed by atoms with Gasteiger partial charge in [0.1, 0.15) is 18.1 Å². The minimum absolute atomic E-state index is 0.227. The smallest absolute Gasteiger partial charge is 0.152 e. The number of hydrogen-bond donors (Lipinski definition) is 2. The molecule has 0 radical (unpaired) electrons. The van der Waals surface area contributed by atoms with Crippen LogP contribution in [0.3, 0.4) is 0 Å². The Labute approximate surface area is 165 Å². The molecule has 3 aromatic rings. The lowest BCUT2D eigenvalue weighted by atomic mass is 10.1. The van der Waals surface area contributed by atoms with Gasteiger partial charge in [0.05, 0.1) is 5.69 Å². The molecule has 146 valence electrons. The second-order valence-electron chi connectivity index (χ2n) is 7.66. The van der Waals surface area contributed by atoms with Gasteiger partial charge in [0.25, 0.3) is 0 Å². The molecule has 2 aromatic heterocycles. The summed E-state index contributed by atoms with van der Waals surface area (Å²) in [6.45, 7) is 8.52. The molecule has 1 unspecified atom stereocenters. The Bertz CT molecular complexity index is 980. The first-order valence-corrected chi connectivity index (χ1v) is 9.84. The SMILES string of the molecule is Cc1c(N2CCN(c3ncccc3NC(C)C)CC2C=O)[nH]c2ccccc12. The van der Waals surface area contributed by atoms with Crippen molar-refractivity contribution in [2.75, 3.05) is 34.8 Å². The highest BCUT2D eigenvalue weighted by Crippen LogP contribution is 2.32. The van der Waals surface area contributed by atoms with Crippen molar-refractivity contribution in [3.63, 3.8) is 0 Å². The van der Waals surface area contributed by atoms with Crippen LogP contribution in [0.1, 0.15) is 19.4 Å². The molecule has 1 aromatic carbocycles. The Balaban J connectivity index is 1.61. The molecule has 0 saturated carbocycles. The number of carbonyl (C=O) groups excluding carboxylic acids is 1. The highest BCUT2D eigenvalue weighted by Gasteiger charge is 2.30. The molecule has 1 fully saturated rings. The maximum absolute atomic E-state index is 12.0. The third kappa shape index (κ3) is 3.30. The number of nitrogens with zero attached hydrogens (tertiary/aromatic N) is 3. The van der Waals surface area contributed by atoms with Gasteiger partial charge in [-0.1, -0.05) is 18.2 Å². The van der Waals surface area contributed by atoms with E-state index in [0.717, 1.165) is 42.2 Å². The first kappa shape index (κ1) is 18.3. The van der Waals surface area contributed by atoms with Crippen LogP contribution >= 0.6 is 0 Å². The average Bonchev–Trinajstić information content (AvgIpc) is 3.04. The first-order chi connectivity index (χ1) is 13.6. The molecule has 1 saturated heterocycles. The van der Waals surface area contributed by atoms with Gasteiger partial charge in [-0.3, -0.25) is 0 Å². The summed E-state index contributed by atoms with van der Waals surface area (Å²) in [4.78, 5) is 24.5. The van der Waals surface area contributed by atoms with Gasteiger partial charge in [-0.05, 0) is 44.5 Å². The number of aromatic amines is 1. The number of piperazine rings is 1. The van der Waals surface area contributed by atoms with Crippen LogP contribution in [-0.2, 0) is 4.79 Å². The van der Waals surface area contributed by atoms with Gasteiger partial charge >= 0.3 is 0 Å². The zero-order valence-electron chi connectivity index (χ0n) is 16.6. The summed E-state index contributed by atoms with van der Waals surface area (Å²) < 4.78 is 0. The van der Waals surface area contributed by atoms with E-state index in [4.69, 9.17) is 0 Å². The van der Waals surface area contributed by atoms with E-state index in [0.29, 0.717) is 12.6 Å². The number of aryl methyl sites for hydroxylation is 1. The molecular formula is C22H27N5O. The fourth-order valence-corrected chi connectivity index (χ4v) is 4.02. The van der Waals surface area contributed by atoms with Gasteiger partial charge < -0.3 is 24.9 Å². The quantitative estimate of drug-likeness (QED) is 0.666. The average molecular weight is 377 g/mol. The van der Waals surface area contributed by atoms with Gasteiger partial charge in [0.2, 0.25) is 0 Å². The van der Waals surface area contributed by atoms with Crippen molar-refractivity contribution in [3.05, 3.63) is 48.2 Å². The zero-order valence-corrected chi connectivity index (χ0v) is 16.6. The van der Waals surface area contributed by atoms with Crippen LogP contribution in [0.25, 0.3) is 10.9 Å². The van der Waals surface area contributed by atoms with Crippen LogP contribution in [0.2, 0.25) is 0 Å². The van der Waals surface area contributed by atoms with E-state index < -0.39 is 0 Å². The van der Waals surface area contributed by atoms with E-state index in [9.17, 15) is 4.79 Å². The number of rotatable bonds is 5. The van der Waals surface area contributed by atoms with Crippen molar-refractivity contribution in [2.45, 2.75) is 32.9 Å². The van der Waals surface area contributed by atoms with E-state index in [1.807, 2.05) is 30.5 Å². The van der Waals surface area contributed by atoms with Crippen molar-refractivity contribution in [3.8, 4) is 0 Å². The molecule has 0 spiro atoms. The summed E-state index contributed by atoms with van der Waals surface area (Å²) in [5.74, 6) is 1.95. The van der Waals surface area contributed by atoms with Gasteiger partial charge in [0, 0.05) is 42.8 Å².